The molecule has 2 N–H and O–H groups in total. The highest BCUT2D eigenvalue weighted by atomic mass is 15.2. The van der Waals surface area contributed by atoms with Gasteiger partial charge in [-0.05, 0) is 50.2 Å². The van der Waals surface area contributed by atoms with Gasteiger partial charge in [-0.25, -0.2) is 0 Å². The molecule has 0 aliphatic carbocycles. The minimum atomic E-state index is 0.711. The summed E-state index contributed by atoms with van der Waals surface area (Å²) >= 11 is 0. The summed E-state index contributed by atoms with van der Waals surface area (Å²) in [5, 5.41) is 0. The van der Waals surface area contributed by atoms with Crippen LogP contribution in [0.4, 0.5) is 11.4 Å². The lowest BCUT2D eigenvalue weighted by molar-refractivity contribution is 0.270. The molecule has 1 aromatic carbocycles. The number of nitrogens with two attached hydrogens (primary N) is 1. The van der Waals surface area contributed by atoms with E-state index in [1.54, 1.807) is 0 Å². The van der Waals surface area contributed by atoms with Crippen molar-refractivity contribution >= 4 is 11.4 Å². The van der Waals surface area contributed by atoms with E-state index in [9.17, 15) is 0 Å². The van der Waals surface area contributed by atoms with E-state index in [1.165, 1.54) is 31.6 Å². The van der Waals surface area contributed by atoms with Gasteiger partial charge in [0.05, 0.1) is 0 Å². The summed E-state index contributed by atoms with van der Waals surface area (Å²) in [6.07, 6.45) is 2.67. The van der Waals surface area contributed by atoms with Gasteiger partial charge >= 0.3 is 0 Å². The smallest absolute Gasteiger partial charge is 0.0365 e. The molecule has 1 aliphatic rings. The molecule has 1 unspecified atom stereocenters. The first-order valence-electron chi connectivity index (χ1n) is 6.51. The van der Waals surface area contributed by atoms with Gasteiger partial charge in [-0.3, -0.25) is 4.90 Å². The molecule has 17 heavy (non-hydrogen) atoms. The summed E-state index contributed by atoms with van der Waals surface area (Å²) in [5.74, 6) is 0. The van der Waals surface area contributed by atoms with Gasteiger partial charge in [-0.1, -0.05) is 6.92 Å². The number of nitrogen functional groups attached to an aromatic ring is 1. The minimum absolute atomic E-state index is 0.711. The van der Waals surface area contributed by atoms with Crippen LogP contribution in [0.15, 0.2) is 24.3 Å². The van der Waals surface area contributed by atoms with Crippen LogP contribution in [0.2, 0.25) is 0 Å². The Morgan fingerprint density at radius 3 is 2.71 bits per heavy atom. The Balaban J connectivity index is 1.96. The first-order valence-corrected chi connectivity index (χ1v) is 6.51. The minimum Gasteiger partial charge on any atom is -0.399 e. The lowest BCUT2D eigenvalue weighted by atomic mass is 10.2. The van der Waals surface area contributed by atoms with Crippen molar-refractivity contribution in [2.75, 3.05) is 37.3 Å². The Hall–Kier alpha value is -1.22. The van der Waals surface area contributed by atoms with Crippen LogP contribution in [0.1, 0.15) is 19.8 Å². The van der Waals surface area contributed by atoms with E-state index < -0.39 is 0 Å². The molecular weight excluding hydrogens is 210 g/mol. The number of rotatable bonds is 4. The summed E-state index contributed by atoms with van der Waals surface area (Å²) in [4.78, 5) is 4.91. The molecule has 0 radical (unpaired) electrons. The van der Waals surface area contributed by atoms with E-state index in [2.05, 4.69) is 35.9 Å². The summed E-state index contributed by atoms with van der Waals surface area (Å²) in [5.41, 5.74) is 7.79. The first-order chi connectivity index (χ1) is 8.20. The second-order valence-corrected chi connectivity index (χ2v) is 4.90. The maximum Gasteiger partial charge on any atom is 0.0365 e. The van der Waals surface area contributed by atoms with E-state index in [0.29, 0.717) is 6.04 Å². The van der Waals surface area contributed by atoms with Gasteiger partial charge in [-0.2, -0.15) is 0 Å². The molecule has 1 fully saturated rings. The number of nitrogens with zero attached hydrogens (tertiary/aromatic N) is 2. The third-order valence-electron chi connectivity index (χ3n) is 3.72. The number of benzene rings is 1. The molecule has 0 saturated carbocycles. The number of likely N-dealkylation sites (N-methyl/N-ethyl adjacent to an activating group) is 2. The Morgan fingerprint density at radius 1 is 1.35 bits per heavy atom. The van der Waals surface area contributed by atoms with E-state index in [-0.39, 0.29) is 0 Å². The summed E-state index contributed by atoms with van der Waals surface area (Å²) in [7, 11) is 2.16. The molecule has 1 aromatic rings. The zero-order chi connectivity index (χ0) is 12.3. The average Bonchev–Trinajstić information content (AvgIpc) is 2.77. The Labute approximate surface area is 104 Å². The van der Waals surface area contributed by atoms with Crippen molar-refractivity contribution in [1.29, 1.82) is 0 Å². The number of likely N-dealkylation sites (tertiary alicyclic amines) is 1. The highest BCUT2D eigenvalue weighted by Gasteiger charge is 2.23. The molecule has 0 spiro atoms. The number of hydrogen-bond acceptors (Lipinski definition) is 3. The van der Waals surface area contributed by atoms with Crippen LogP contribution >= 0.6 is 0 Å². The highest BCUT2D eigenvalue weighted by molar-refractivity contribution is 5.52. The van der Waals surface area contributed by atoms with Crippen molar-refractivity contribution in [2.24, 2.45) is 0 Å². The first kappa shape index (κ1) is 12.2. The van der Waals surface area contributed by atoms with Gasteiger partial charge in [0.2, 0.25) is 0 Å². The molecule has 94 valence electrons. The van der Waals surface area contributed by atoms with Gasteiger partial charge in [-0.15, -0.1) is 0 Å². The standard InChI is InChI=1S/C14H23N3/c1-3-17-10-4-5-14(17)11-16(2)13-8-6-12(15)7-9-13/h6-9,14H,3-5,10-11,15H2,1-2H3. The van der Waals surface area contributed by atoms with Crippen molar-refractivity contribution in [2.45, 2.75) is 25.8 Å². The Kier molecular flexibility index (Phi) is 3.89. The summed E-state index contributed by atoms with van der Waals surface area (Å²) in [6.45, 7) is 5.79. The van der Waals surface area contributed by atoms with E-state index >= 15 is 0 Å². The van der Waals surface area contributed by atoms with Crippen molar-refractivity contribution in [3.8, 4) is 0 Å². The molecule has 0 amide bonds. The van der Waals surface area contributed by atoms with Crippen LogP contribution in [0.25, 0.3) is 0 Å². The van der Waals surface area contributed by atoms with Crippen LogP contribution in [0, 0.1) is 0 Å². The Morgan fingerprint density at radius 2 is 2.06 bits per heavy atom. The molecule has 1 aliphatic heterocycles. The molecule has 1 saturated heterocycles. The zero-order valence-electron chi connectivity index (χ0n) is 10.9. The predicted octanol–water partition coefficient (Wildman–Crippen LogP) is 2.19. The van der Waals surface area contributed by atoms with E-state index in [1.807, 2.05) is 12.1 Å². The quantitative estimate of drug-likeness (QED) is 0.809. The molecule has 3 heteroatoms. The fourth-order valence-corrected chi connectivity index (χ4v) is 2.67. The van der Waals surface area contributed by atoms with Crippen molar-refractivity contribution in [3.05, 3.63) is 24.3 Å². The fraction of sp³-hybridized carbons (Fsp3) is 0.571. The van der Waals surface area contributed by atoms with Crippen LogP contribution in [0.5, 0.6) is 0 Å². The number of anilines is 2. The van der Waals surface area contributed by atoms with Crippen molar-refractivity contribution in [1.82, 2.24) is 4.90 Å². The van der Waals surface area contributed by atoms with Gasteiger partial charge in [0.25, 0.3) is 0 Å². The van der Waals surface area contributed by atoms with E-state index in [0.717, 1.165) is 12.2 Å². The third kappa shape index (κ3) is 2.91. The summed E-state index contributed by atoms with van der Waals surface area (Å²) in [6, 6.07) is 8.85. The van der Waals surface area contributed by atoms with Crippen molar-refractivity contribution < 1.29 is 0 Å². The Bertz CT molecular complexity index is 347. The van der Waals surface area contributed by atoms with Crippen molar-refractivity contribution in [3.63, 3.8) is 0 Å². The second-order valence-electron chi connectivity index (χ2n) is 4.90. The molecule has 0 aromatic heterocycles. The highest BCUT2D eigenvalue weighted by Crippen LogP contribution is 2.21. The molecule has 1 atom stereocenters. The summed E-state index contributed by atoms with van der Waals surface area (Å²) < 4.78 is 0. The van der Waals surface area contributed by atoms with Gasteiger partial charge in [0.1, 0.15) is 0 Å². The zero-order valence-corrected chi connectivity index (χ0v) is 10.9. The van der Waals surface area contributed by atoms with Crippen LogP contribution in [-0.2, 0) is 0 Å². The maximum atomic E-state index is 5.71. The molecule has 1 heterocycles. The average molecular weight is 233 g/mol. The SMILES string of the molecule is CCN1CCCC1CN(C)c1ccc(N)cc1. The lowest BCUT2D eigenvalue weighted by Gasteiger charge is -2.29. The molecule has 3 nitrogen and oxygen atoms in total. The van der Waals surface area contributed by atoms with Gasteiger partial charge < -0.3 is 10.6 Å². The number of hydrogen-bond donors (Lipinski definition) is 1. The normalized spacial score (nSPS) is 20.7. The van der Waals surface area contributed by atoms with Gasteiger partial charge in [0.15, 0.2) is 0 Å². The van der Waals surface area contributed by atoms with Crippen LogP contribution in [0.3, 0.4) is 0 Å². The van der Waals surface area contributed by atoms with E-state index in [4.69, 9.17) is 5.73 Å². The fourth-order valence-electron chi connectivity index (χ4n) is 2.67. The van der Waals surface area contributed by atoms with Crippen LogP contribution in [-0.4, -0.2) is 37.6 Å². The molecular formula is C14H23N3. The maximum absolute atomic E-state index is 5.71. The molecule has 0 bridgehead atoms. The molecule has 2 rings (SSSR count). The van der Waals surface area contributed by atoms with Gasteiger partial charge in [0, 0.05) is 31.0 Å². The lowest BCUT2D eigenvalue weighted by Crippen LogP contribution is -2.38. The topological polar surface area (TPSA) is 32.5 Å². The second kappa shape index (κ2) is 5.41. The largest absolute Gasteiger partial charge is 0.399 e. The predicted molar refractivity (Wildman–Crippen MR) is 74.4 cm³/mol. The third-order valence-corrected chi connectivity index (χ3v) is 3.72. The van der Waals surface area contributed by atoms with Crippen LogP contribution < -0.4 is 10.6 Å². The monoisotopic (exact) mass is 233 g/mol.